The second kappa shape index (κ2) is 10.6. The van der Waals surface area contributed by atoms with Gasteiger partial charge in [0.1, 0.15) is 11.5 Å². The van der Waals surface area contributed by atoms with Gasteiger partial charge in [-0.15, -0.1) is 0 Å². The molecule has 0 saturated carbocycles. The lowest BCUT2D eigenvalue weighted by Crippen LogP contribution is -2.48. The molecule has 1 saturated heterocycles. The Morgan fingerprint density at radius 3 is 2.47 bits per heavy atom. The predicted molar refractivity (Wildman–Crippen MR) is 112 cm³/mol. The first kappa shape index (κ1) is 21.6. The number of benzene rings is 1. The molecule has 8 nitrogen and oxygen atoms in total. The summed E-state index contributed by atoms with van der Waals surface area (Å²) in [6.45, 7) is 5.49. The van der Waals surface area contributed by atoms with Gasteiger partial charge in [-0.25, -0.2) is 4.79 Å². The van der Waals surface area contributed by atoms with Crippen LogP contribution in [0.2, 0.25) is 0 Å². The normalized spacial score (nSPS) is 14.3. The Hall–Kier alpha value is -3.13. The first-order valence-electron chi connectivity index (χ1n) is 9.97. The number of esters is 1. The summed E-state index contributed by atoms with van der Waals surface area (Å²) in [5.74, 6) is 0.419. The van der Waals surface area contributed by atoms with Crippen molar-refractivity contribution in [2.24, 2.45) is 0 Å². The van der Waals surface area contributed by atoms with Crippen molar-refractivity contribution in [3.8, 4) is 11.5 Å². The molecule has 160 valence electrons. The topological polar surface area (TPSA) is 81.2 Å². The zero-order valence-corrected chi connectivity index (χ0v) is 17.4. The van der Waals surface area contributed by atoms with Gasteiger partial charge < -0.3 is 19.1 Å². The van der Waals surface area contributed by atoms with E-state index in [0.717, 1.165) is 31.9 Å². The maximum atomic E-state index is 12.8. The SMILES string of the molecule is CCOC(=O)COc1ccc(C(=O)CN2CCN(c3ccncc3)CC2)c(OC)c1. The van der Waals surface area contributed by atoms with Crippen LogP contribution in [0.15, 0.2) is 42.7 Å². The van der Waals surface area contributed by atoms with Crippen molar-refractivity contribution in [1.82, 2.24) is 9.88 Å². The number of anilines is 1. The molecule has 0 amide bonds. The van der Waals surface area contributed by atoms with Gasteiger partial charge >= 0.3 is 5.97 Å². The third-order valence-electron chi connectivity index (χ3n) is 4.90. The number of methoxy groups -OCH3 is 1. The molecule has 1 aromatic carbocycles. The van der Waals surface area contributed by atoms with E-state index in [4.69, 9.17) is 14.2 Å². The molecule has 2 heterocycles. The minimum absolute atomic E-state index is 0.0128. The van der Waals surface area contributed by atoms with E-state index in [1.165, 1.54) is 7.11 Å². The van der Waals surface area contributed by atoms with Crippen molar-refractivity contribution >= 4 is 17.4 Å². The van der Waals surface area contributed by atoms with Gasteiger partial charge in [-0.3, -0.25) is 14.7 Å². The lowest BCUT2D eigenvalue weighted by molar-refractivity contribution is -0.145. The summed E-state index contributed by atoms with van der Waals surface area (Å²) >= 11 is 0. The quantitative estimate of drug-likeness (QED) is 0.456. The molecule has 0 spiro atoms. The Labute approximate surface area is 176 Å². The lowest BCUT2D eigenvalue weighted by Gasteiger charge is -2.35. The van der Waals surface area contributed by atoms with Crippen molar-refractivity contribution < 1.29 is 23.8 Å². The van der Waals surface area contributed by atoms with E-state index < -0.39 is 5.97 Å². The molecule has 0 N–H and O–H groups in total. The first-order chi connectivity index (χ1) is 14.6. The van der Waals surface area contributed by atoms with E-state index in [2.05, 4.69) is 14.8 Å². The second-order valence-electron chi connectivity index (χ2n) is 6.85. The summed E-state index contributed by atoms with van der Waals surface area (Å²) < 4.78 is 15.6. The zero-order chi connectivity index (χ0) is 21.3. The van der Waals surface area contributed by atoms with Crippen LogP contribution in [0, 0.1) is 0 Å². The second-order valence-corrected chi connectivity index (χ2v) is 6.85. The lowest BCUT2D eigenvalue weighted by atomic mass is 10.1. The average Bonchev–Trinajstić information content (AvgIpc) is 2.78. The highest BCUT2D eigenvalue weighted by molar-refractivity contribution is 6.00. The van der Waals surface area contributed by atoms with Crippen LogP contribution in [0.3, 0.4) is 0 Å². The van der Waals surface area contributed by atoms with Gasteiger partial charge in [0, 0.05) is 50.3 Å². The number of carbonyl (C=O) groups excluding carboxylic acids is 2. The van der Waals surface area contributed by atoms with E-state index in [-0.39, 0.29) is 12.4 Å². The molecule has 3 rings (SSSR count). The molecule has 0 aliphatic carbocycles. The number of piperazine rings is 1. The highest BCUT2D eigenvalue weighted by atomic mass is 16.6. The summed E-state index contributed by atoms with van der Waals surface area (Å²) in [6, 6.07) is 8.95. The number of hydrogen-bond donors (Lipinski definition) is 0. The highest BCUT2D eigenvalue weighted by Crippen LogP contribution is 2.26. The number of ketones is 1. The molecule has 1 aliphatic heterocycles. The largest absolute Gasteiger partial charge is 0.496 e. The van der Waals surface area contributed by atoms with Crippen LogP contribution >= 0.6 is 0 Å². The maximum Gasteiger partial charge on any atom is 0.344 e. The summed E-state index contributed by atoms with van der Waals surface area (Å²) in [4.78, 5) is 32.8. The van der Waals surface area contributed by atoms with Gasteiger partial charge in [-0.2, -0.15) is 0 Å². The third kappa shape index (κ3) is 5.70. The number of rotatable bonds is 9. The molecule has 0 bridgehead atoms. The first-order valence-corrected chi connectivity index (χ1v) is 9.97. The molecule has 1 aromatic heterocycles. The van der Waals surface area contributed by atoms with Crippen LogP contribution in [0.25, 0.3) is 0 Å². The van der Waals surface area contributed by atoms with E-state index in [0.29, 0.717) is 30.2 Å². The molecular formula is C22H27N3O5. The van der Waals surface area contributed by atoms with Crippen LogP contribution in [0.4, 0.5) is 5.69 Å². The number of Topliss-reactive ketones (excluding diaryl/α,β-unsaturated/α-hetero) is 1. The predicted octanol–water partition coefficient (Wildman–Crippen LogP) is 2.04. The smallest absolute Gasteiger partial charge is 0.344 e. The molecule has 0 radical (unpaired) electrons. The zero-order valence-electron chi connectivity index (χ0n) is 17.4. The fraction of sp³-hybridized carbons (Fsp3) is 0.409. The molecular weight excluding hydrogens is 386 g/mol. The summed E-state index contributed by atoms with van der Waals surface area (Å²) in [5, 5.41) is 0. The molecule has 0 unspecified atom stereocenters. The van der Waals surface area contributed by atoms with Crippen molar-refractivity contribution in [1.29, 1.82) is 0 Å². The summed E-state index contributed by atoms with van der Waals surface area (Å²) in [5.41, 5.74) is 1.65. The molecule has 8 heteroatoms. The molecule has 0 atom stereocenters. The van der Waals surface area contributed by atoms with Crippen molar-refractivity contribution in [3.63, 3.8) is 0 Å². The van der Waals surface area contributed by atoms with Crippen molar-refractivity contribution in [3.05, 3.63) is 48.3 Å². The van der Waals surface area contributed by atoms with E-state index in [1.807, 2.05) is 12.1 Å². The monoisotopic (exact) mass is 413 g/mol. The number of hydrogen-bond acceptors (Lipinski definition) is 8. The van der Waals surface area contributed by atoms with Crippen LogP contribution in [-0.2, 0) is 9.53 Å². The van der Waals surface area contributed by atoms with Gasteiger partial charge in [0.15, 0.2) is 12.4 Å². The van der Waals surface area contributed by atoms with Gasteiger partial charge in [-0.05, 0) is 31.2 Å². The number of aromatic nitrogens is 1. The fourth-order valence-electron chi connectivity index (χ4n) is 3.34. The van der Waals surface area contributed by atoms with Crippen molar-refractivity contribution in [2.45, 2.75) is 6.92 Å². The number of ether oxygens (including phenoxy) is 3. The van der Waals surface area contributed by atoms with Gasteiger partial charge in [0.25, 0.3) is 0 Å². The third-order valence-corrected chi connectivity index (χ3v) is 4.90. The fourth-order valence-corrected chi connectivity index (χ4v) is 3.34. The van der Waals surface area contributed by atoms with E-state index in [9.17, 15) is 9.59 Å². The summed E-state index contributed by atoms with van der Waals surface area (Å²) in [6.07, 6.45) is 3.58. The van der Waals surface area contributed by atoms with Crippen LogP contribution in [0.5, 0.6) is 11.5 Å². The van der Waals surface area contributed by atoms with E-state index in [1.54, 1.807) is 37.5 Å². The Balaban J connectivity index is 1.55. The van der Waals surface area contributed by atoms with Crippen molar-refractivity contribution in [2.75, 3.05) is 57.9 Å². The molecule has 1 fully saturated rings. The molecule has 2 aromatic rings. The van der Waals surface area contributed by atoms with Crippen LogP contribution in [0.1, 0.15) is 17.3 Å². The van der Waals surface area contributed by atoms with Gasteiger partial charge in [0.05, 0.1) is 25.8 Å². The number of nitrogens with zero attached hydrogens (tertiary/aromatic N) is 3. The Morgan fingerprint density at radius 1 is 1.07 bits per heavy atom. The summed E-state index contributed by atoms with van der Waals surface area (Å²) in [7, 11) is 1.51. The average molecular weight is 413 g/mol. The standard InChI is InChI=1S/C22H27N3O5/c1-3-29-22(27)16-30-18-4-5-19(21(14-18)28-2)20(26)15-24-10-12-25(13-11-24)17-6-8-23-9-7-17/h4-9,14H,3,10-13,15-16H2,1-2H3. The maximum absolute atomic E-state index is 12.8. The number of pyridine rings is 1. The minimum atomic E-state index is -0.442. The minimum Gasteiger partial charge on any atom is -0.496 e. The van der Waals surface area contributed by atoms with Gasteiger partial charge in [-0.1, -0.05) is 0 Å². The number of carbonyl (C=O) groups is 2. The molecule has 1 aliphatic rings. The van der Waals surface area contributed by atoms with Crippen LogP contribution in [-0.4, -0.2) is 74.7 Å². The highest BCUT2D eigenvalue weighted by Gasteiger charge is 2.21. The van der Waals surface area contributed by atoms with Crippen LogP contribution < -0.4 is 14.4 Å². The Kier molecular flexibility index (Phi) is 7.62. The van der Waals surface area contributed by atoms with Gasteiger partial charge in [0.2, 0.25) is 0 Å². The van der Waals surface area contributed by atoms with E-state index >= 15 is 0 Å². The Bertz CT molecular complexity index is 851. The Morgan fingerprint density at radius 2 is 1.80 bits per heavy atom. The molecule has 30 heavy (non-hydrogen) atoms.